The highest BCUT2D eigenvalue weighted by molar-refractivity contribution is 8.16. The normalized spacial score (nSPS) is 17.9. The van der Waals surface area contributed by atoms with Gasteiger partial charge >= 0.3 is 0 Å². The number of aliphatic imine (C=N–C) groups is 1. The summed E-state index contributed by atoms with van der Waals surface area (Å²) in [6, 6.07) is 8.44. The SMILES string of the molecule is Cc1cc(C=C2C(=N)N3C=CSC3=NC2=O)c(C)n1-c1ccccc1F. The number of hydrogen-bond acceptors (Lipinski definition) is 3. The van der Waals surface area contributed by atoms with E-state index in [0.717, 1.165) is 17.0 Å². The van der Waals surface area contributed by atoms with Crippen molar-refractivity contribution in [1.29, 1.82) is 5.41 Å². The molecule has 0 unspecified atom stereocenters. The van der Waals surface area contributed by atoms with Crippen LogP contribution >= 0.6 is 11.8 Å². The number of carbonyl (C=O) groups is 1. The Kier molecular flexibility index (Phi) is 3.88. The Balaban J connectivity index is 1.81. The number of halogens is 1. The van der Waals surface area contributed by atoms with Crippen LogP contribution in [-0.4, -0.2) is 26.4 Å². The zero-order valence-corrected chi connectivity index (χ0v) is 15.0. The van der Waals surface area contributed by atoms with E-state index in [1.807, 2.05) is 19.9 Å². The maximum atomic E-state index is 14.2. The van der Waals surface area contributed by atoms with Crippen LogP contribution in [0.5, 0.6) is 0 Å². The summed E-state index contributed by atoms with van der Waals surface area (Å²) in [5.41, 5.74) is 3.07. The van der Waals surface area contributed by atoms with Crippen LogP contribution in [0.25, 0.3) is 11.8 Å². The lowest BCUT2D eigenvalue weighted by atomic mass is 10.1. The molecule has 1 aromatic heterocycles. The fourth-order valence-corrected chi connectivity index (χ4v) is 3.83. The van der Waals surface area contributed by atoms with Crippen molar-refractivity contribution in [3.05, 3.63) is 70.3 Å². The minimum Gasteiger partial charge on any atom is -0.315 e. The van der Waals surface area contributed by atoms with E-state index >= 15 is 0 Å². The van der Waals surface area contributed by atoms with Crippen LogP contribution in [0.15, 0.2) is 52.5 Å². The van der Waals surface area contributed by atoms with Crippen molar-refractivity contribution in [3.63, 3.8) is 0 Å². The number of benzene rings is 1. The molecule has 130 valence electrons. The number of para-hydroxylation sites is 1. The van der Waals surface area contributed by atoms with Gasteiger partial charge in [-0.1, -0.05) is 23.9 Å². The molecule has 1 amide bonds. The Bertz CT molecular complexity index is 1050. The number of thioether (sulfide) groups is 1. The van der Waals surface area contributed by atoms with Crippen molar-refractivity contribution in [2.75, 3.05) is 0 Å². The van der Waals surface area contributed by atoms with Gasteiger partial charge < -0.3 is 4.57 Å². The molecule has 0 saturated heterocycles. The van der Waals surface area contributed by atoms with Crippen molar-refractivity contribution in [2.45, 2.75) is 13.8 Å². The number of carbonyl (C=O) groups excluding carboxylic acids is 1. The molecule has 7 heteroatoms. The van der Waals surface area contributed by atoms with E-state index in [1.165, 1.54) is 17.8 Å². The van der Waals surface area contributed by atoms with Gasteiger partial charge in [-0.2, -0.15) is 4.99 Å². The third kappa shape index (κ3) is 2.52. The molecule has 0 spiro atoms. The van der Waals surface area contributed by atoms with Gasteiger partial charge in [-0.15, -0.1) is 0 Å². The van der Waals surface area contributed by atoms with Crippen LogP contribution in [0.2, 0.25) is 0 Å². The predicted octanol–water partition coefficient (Wildman–Crippen LogP) is 4.01. The third-order valence-corrected chi connectivity index (χ3v) is 5.13. The highest BCUT2D eigenvalue weighted by atomic mass is 32.2. The van der Waals surface area contributed by atoms with Crippen LogP contribution in [0, 0.1) is 25.1 Å². The number of amidine groups is 2. The summed E-state index contributed by atoms with van der Waals surface area (Å²) in [4.78, 5) is 18.0. The molecule has 0 atom stereocenters. The first kappa shape index (κ1) is 16.5. The lowest BCUT2D eigenvalue weighted by molar-refractivity contribution is -0.114. The third-order valence-electron chi connectivity index (χ3n) is 4.38. The highest BCUT2D eigenvalue weighted by Gasteiger charge is 2.31. The minimum atomic E-state index is -0.437. The van der Waals surface area contributed by atoms with Crippen LogP contribution in [0.3, 0.4) is 0 Å². The van der Waals surface area contributed by atoms with E-state index in [4.69, 9.17) is 5.41 Å². The van der Waals surface area contributed by atoms with Crippen molar-refractivity contribution in [1.82, 2.24) is 9.47 Å². The first-order chi connectivity index (χ1) is 12.5. The van der Waals surface area contributed by atoms with Crippen molar-refractivity contribution in [2.24, 2.45) is 4.99 Å². The first-order valence-electron chi connectivity index (χ1n) is 7.97. The van der Waals surface area contributed by atoms with Crippen molar-refractivity contribution in [3.8, 4) is 5.69 Å². The molecule has 2 aromatic rings. The summed E-state index contributed by atoms with van der Waals surface area (Å²) in [6.07, 6.45) is 3.37. The molecule has 5 nitrogen and oxygen atoms in total. The highest BCUT2D eigenvalue weighted by Crippen LogP contribution is 2.29. The molecule has 1 N–H and O–H groups in total. The predicted molar refractivity (Wildman–Crippen MR) is 102 cm³/mol. The lowest BCUT2D eigenvalue weighted by Crippen LogP contribution is -2.35. The Morgan fingerprint density at radius 1 is 1.27 bits per heavy atom. The van der Waals surface area contributed by atoms with E-state index in [9.17, 15) is 9.18 Å². The molecular formula is C19H15FN4OS. The summed E-state index contributed by atoms with van der Waals surface area (Å²) < 4.78 is 16.0. The number of nitrogens with zero attached hydrogens (tertiary/aromatic N) is 3. The Morgan fingerprint density at radius 2 is 2.04 bits per heavy atom. The summed E-state index contributed by atoms with van der Waals surface area (Å²) in [6.45, 7) is 3.74. The van der Waals surface area contributed by atoms with E-state index < -0.39 is 5.91 Å². The Morgan fingerprint density at radius 3 is 2.81 bits per heavy atom. The Hall–Kier alpha value is -2.93. The lowest BCUT2D eigenvalue weighted by Gasteiger charge is -2.22. The molecule has 4 rings (SSSR count). The van der Waals surface area contributed by atoms with Crippen molar-refractivity contribution < 1.29 is 9.18 Å². The average Bonchev–Trinajstić information content (AvgIpc) is 3.17. The molecule has 0 saturated carbocycles. The average molecular weight is 366 g/mol. The number of rotatable bonds is 2. The van der Waals surface area contributed by atoms with Gasteiger partial charge in [0, 0.05) is 17.6 Å². The Labute approximate surface area is 154 Å². The molecule has 3 heterocycles. The van der Waals surface area contributed by atoms with Crippen LogP contribution in [0.1, 0.15) is 17.0 Å². The quantitative estimate of drug-likeness (QED) is 0.817. The second kappa shape index (κ2) is 6.10. The van der Waals surface area contributed by atoms with Crippen LogP contribution in [-0.2, 0) is 4.79 Å². The molecule has 2 aliphatic rings. The first-order valence-corrected chi connectivity index (χ1v) is 8.85. The van der Waals surface area contributed by atoms with Gasteiger partial charge in [0.05, 0.1) is 11.3 Å². The van der Waals surface area contributed by atoms with Gasteiger partial charge in [0.1, 0.15) is 11.7 Å². The summed E-state index contributed by atoms with van der Waals surface area (Å²) in [5.74, 6) is -0.659. The van der Waals surface area contributed by atoms with Crippen molar-refractivity contribution >= 4 is 34.7 Å². The van der Waals surface area contributed by atoms with Gasteiger partial charge in [0.2, 0.25) is 0 Å². The topological polar surface area (TPSA) is 61.5 Å². The molecule has 0 fully saturated rings. The summed E-state index contributed by atoms with van der Waals surface area (Å²) in [7, 11) is 0. The standard InChI is InChI=1S/C19H15FN4OS/c1-11-9-13(12(2)24(11)16-6-4-3-5-15(16)20)10-14-17(21)23-7-8-26-19(23)22-18(14)25/h3-10,21H,1-2H3. The summed E-state index contributed by atoms with van der Waals surface area (Å²) in [5, 5.41) is 10.6. The molecule has 0 bridgehead atoms. The monoisotopic (exact) mass is 366 g/mol. The number of aromatic nitrogens is 1. The minimum absolute atomic E-state index is 0.0944. The van der Waals surface area contributed by atoms with Gasteiger partial charge in [-0.3, -0.25) is 15.1 Å². The summed E-state index contributed by atoms with van der Waals surface area (Å²) >= 11 is 1.31. The van der Waals surface area contributed by atoms with E-state index in [0.29, 0.717) is 10.9 Å². The smallest absolute Gasteiger partial charge is 0.283 e. The van der Waals surface area contributed by atoms with Gasteiger partial charge in [0.15, 0.2) is 5.17 Å². The molecule has 2 aliphatic heterocycles. The van der Waals surface area contributed by atoms with E-state index in [-0.39, 0.29) is 17.2 Å². The molecule has 26 heavy (non-hydrogen) atoms. The fourth-order valence-electron chi connectivity index (χ4n) is 3.12. The largest absolute Gasteiger partial charge is 0.315 e. The molecule has 1 aromatic carbocycles. The number of nitrogens with one attached hydrogen (secondary N) is 1. The second-order valence-electron chi connectivity index (χ2n) is 5.99. The maximum Gasteiger partial charge on any atom is 0.283 e. The van der Waals surface area contributed by atoms with E-state index in [1.54, 1.807) is 45.4 Å². The number of hydrogen-bond donors (Lipinski definition) is 1. The van der Waals surface area contributed by atoms with E-state index in [2.05, 4.69) is 4.99 Å². The zero-order chi connectivity index (χ0) is 18.4. The maximum absolute atomic E-state index is 14.2. The number of amides is 1. The van der Waals surface area contributed by atoms with Gasteiger partial charge in [0.25, 0.3) is 5.91 Å². The molecular weight excluding hydrogens is 351 g/mol. The number of fused-ring (bicyclic) bond motifs is 1. The molecule has 0 aliphatic carbocycles. The van der Waals surface area contributed by atoms with Crippen LogP contribution in [0.4, 0.5) is 4.39 Å². The zero-order valence-electron chi connectivity index (χ0n) is 14.2. The van der Waals surface area contributed by atoms with Crippen LogP contribution < -0.4 is 0 Å². The van der Waals surface area contributed by atoms with Gasteiger partial charge in [-0.25, -0.2) is 4.39 Å². The second-order valence-corrected chi connectivity index (χ2v) is 6.87. The molecule has 0 radical (unpaired) electrons. The number of aryl methyl sites for hydroxylation is 1. The fraction of sp³-hybridized carbons (Fsp3) is 0.105. The van der Waals surface area contributed by atoms with Gasteiger partial charge in [-0.05, 0) is 49.1 Å².